The minimum absolute atomic E-state index is 0.117. The van der Waals surface area contributed by atoms with Crippen molar-refractivity contribution < 1.29 is 9.18 Å². The summed E-state index contributed by atoms with van der Waals surface area (Å²) in [6.07, 6.45) is 3.44. The zero-order valence-corrected chi connectivity index (χ0v) is 10.6. The third-order valence-electron chi connectivity index (χ3n) is 3.74. The molecule has 3 heterocycles. The molecule has 3 saturated heterocycles. The number of carbonyl (C=O) groups is 1. The van der Waals surface area contributed by atoms with E-state index in [1.165, 1.54) is 6.07 Å². The van der Waals surface area contributed by atoms with Crippen molar-refractivity contribution in [3.63, 3.8) is 0 Å². The van der Waals surface area contributed by atoms with E-state index in [0.29, 0.717) is 16.3 Å². The fourth-order valence-electron chi connectivity index (χ4n) is 2.70. The van der Waals surface area contributed by atoms with Gasteiger partial charge in [0.1, 0.15) is 5.82 Å². The molecule has 1 aromatic rings. The molecule has 0 unspecified atom stereocenters. The van der Waals surface area contributed by atoms with Crippen molar-refractivity contribution >= 4 is 23.5 Å². The molecule has 0 amide bonds. The number of Topliss-reactive ketones (excluding diaryl/α,β-unsaturated/α-hetero) is 1. The van der Waals surface area contributed by atoms with Gasteiger partial charge in [0.25, 0.3) is 0 Å². The molecule has 0 saturated carbocycles. The number of hydrogen-bond acceptors (Lipinski definition) is 2. The number of hydrogen-bond donors (Lipinski definition) is 0. The van der Waals surface area contributed by atoms with E-state index < -0.39 is 0 Å². The first-order chi connectivity index (χ1) is 8.66. The molecule has 0 atom stereocenters. The van der Waals surface area contributed by atoms with Crippen LogP contribution in [0.2, 0.25) is 5.02 Å². The number of ketones is 1. The van der Waals surface area contributed by atoms with Gasteiger partial charge in [0.15, 0.2) is 5.78 Å². The van der Waals surface area contributed by atoms with Gasteiger partial charge in [-0.05, 0) is 31.1 Å². The molecule has 1 aromatic carbocycles. The number of carbonyl (C=O) groups excluding carboxylic acids is 1. The topological polar surface area (TPSA) is 20.3 Å². The van der Waals surface area contributed by atoms with Crippen molar-refractivity contribution in [2.45, 2.75) is 12.8 Å². The normalized spacial score (nSPS) is 22.0. The molecule has 2 nitrogen and oxygen atoms in total. The number of benzene rings is 1. The average Bonchev–Trinajstić information content (AvgIpc) is 2.37. The lowest BCUT2D eigenvalue weighted by molar-refractivity contribution is -0.125. The number of halogens is 2. The van der Waals surface area contributed by atoms with Crippen LogP contribution in [0.15, 0.2) is 23.9 Å². The Kier molecular flexibility index (Phi) is 2.86. The predicted octanol–water partition coefficient (Wildman–Crippen LogP) is 3.11. The van der Waals surface area contributed by atoms with Crippen molar-refractivity contribution in [1.82, 2.24) is 4.90 Å². The standard InChI is InChI=1S/C14H13ClFNO/c15-11-2-1-3-12(16)10(11)8-13-14(18)9-4-6-17(13)7-5-9/h1-3,8-9H,4-7H2/b13-8+. The average molecular weight is 266 g/mol. The van der Waals surface area contributed by atoms with E-state index in [1.54, 1.807) is 18.2 Å². The first-order valence-corrected chi connectivity index (χ1v) is 6.49. The van der Waals surface area contributed by atoms with E-state index in [0.717, 1.165) is 25.9 Å². The van der Waals surface area contributed by atoms with Crippen molar-refractivity contribution in [1.29, 1.82) is 0 Å². The summed E-state index contributed by atoms with van der Waals surface area (Å²) < 4.78 is 13.7. The Morgan fingerprint density at radius 1 is 1.33 bits per heavy atom. The lowest BCUT2D eigenvalue weighted by atomic mass is 9.84. The maximum absolute atomic E-state index is 13.7. The molecule has 3 aliphatic rings. The van der Waals surface area contributed by atoms with Gasteiger partial charge >= 0.3 is 0 Å². The Morgan fingerprint density at radius 3 is 2.67 bits per heavy atom. The van der Waals surface area contributed by atoms with Gasteiger partial charge in [-0.1, -0.05) is 17.7 Å². The van der Waals surface area contributed by atoms with Crippen LogP contribution in [-0.4, -0.2) is 23.8 Å². The van der Waals surface area contributed by atoms with Gasteiger partial charge in [-0.3, -0.25) is 4.79 Å². The largest absolute Gasteiger partial charge is 0.369 e. The van der Waals surface area contributed by atoms with E-state index in [4.69, 9.17) is 11.6 Å². The summed E-state index contributed by atoms with van der Waals surface area (Å²) in [5.74, 6) is -0.135. The first kappa shape index (κ1) is 11.7. The van der Waals surface area contributed by atoms with Crippen LogP contribution < -0.4 is 0 Å². The zero-order chi connectivity index (χ0) is 12.7. The van der Waals surface area contributed by atoms with Gasteiger partial charge in [-0.2, -0.15) is 0 Å². The third kappa shape index (κ3) is 1.83. The quantitative estimate of drug-likeness (QED) is 0.727. The highest BCUT2D eigenvalue weighted by Crippen LogP contribution is 2.33. The summed E-state index contributed by atoms with van der Waals surface area (Å²) in [6.45, 7) is 1.77. The van der Waals surface area contributed by atoms with Crippen LogP contribution >= 0.6 is 11.6 Å². The van der Waals surface area contributed by atoms with E-state index in [1.807, 2.05) is 4.90 Å². The van der Waals surface area contributed by atoms with Crippen molar-refractivity contribution in [3.8, 4) is 0 Å². The van der Waals surface area contributed by atoms with Crippen molar-refractivity contribution in [2.75, 3.05) is 13.1 Å². The van der Waals surface area contributed by atoms with Gasteiger partial charge in [0.05, 0.1) is 10.7 Å². The molecule has 3 fully saturated rings. The summed E-state index contributed by atoms with van der Waals surface area (Å²) in [5, 5.41) is 0.345. The van der Waals surface area contributed by atoms with E-state index in [9.17, 15) is 9.18 Å². The zero-order valence-electron chi connectivity index (χ0n) is 9.83. The molecular formula is C14H13ClFNO. The maximum atomic E-state index is 13.7. The number of allylic oxidation sites excluding steroid dienone is 1. The molecule has 0 N–H and O–H groups in total. The molecule has 0 aromatic heterocycles. The number of fused-ring (bicyclic) bond motifs is 3. The second-order valence-corrected chi connectivity index (χ2v) is 5.20. The second-order valence-electron chi connectivity index (χ2n) is 4.79. The van der Waals surface area contributed by atoms with Crippen LogP contribution in [0.25, 0.3) is 6.08 Å². The third-order valence-corrected chi connectivity index (χ3v) is 4.07. The highest BCUT2D eigenvalue weighted by molar-refractivity contribution is 6.32. The first-order valence-electron chi connectivity index (χ1n) is 6.11. The molecule has 2 bridgehead atoms. The van der Waals surface area contributed by atoms with Crippen molar-refractivity contribution in [3.05, 3.63) is 40.3 Å². The van der Waals surface area contributed by atoms with Crippen molar-refractivity contribution in [2.24, 2.45) is 5.92 Å². The Balaban J connectivity index is 2.04. The molecule has 0 aliphatic carbocycles. The minimum Gasteiger partial charge on any atom is -0.369 e. The molecule has 4 rings (SSSR count). The van der Waals surface area contributed by atoms with Crippen LogP contribution in [0.5, 0.6) is 0 Å². The molecule has 94 valence electrons. The summed E-state index contributed by atoms with van der Waals surface area (Å²) >= 11 is 5.98. The molecular weight excluding hydrogens is 253 g/mol. The fraction of sp³-hybridized carbons (Fsp3) is 0.357. The maximum Gasteiger partial charge on any atom is 0.182 e. The van der Waals surface area contributed by atoms with E-state index >= 15 is 0 Å². The Morgan fingerprint density at radius 2 is 2.06 bits per heavy atom. The van der Waals surface area contributed by atoms with E-state index in [2.05, 4.69) is 0 Å². The van der Waals surface area contributed by atoms with Crippen LogP contribution in [0.3, 0.4) is 0 Å². The second kappa shape index (κ2) is 4.39. The smallest absolute Gasteiger partial charge is 0.182 e. The Bertz CT molecular complexity index is 512. The summed E-state index contributed by atoms with van der Waals surface area (Å²) in [5.41, 5.74) is 0.930. The molecule has 4 heteroatoms. The van der Waals surface area contributed by atoms with Gasteiger partial charge in [0, 0.05) is 24.6 Å². The molecule has 0 spiro atoms. The SMILES string of the molecule is O=C1/C(=C\c2c(F)cccc2Cl)N2CCC1CC2. The minimum atomic E-state index is -0.384. The molecule has 0 radical (unpaired) electrons. The Hall–Kier alpha value is -1.35. The highest BCUT2D eigenvalue weighted by Gasteiger charge is 2.36. The molecule has 3 aliphatic heterocycles. The number of nitrogens with zero attached hydrogens (tertiary/aromatic N) is 1. The van der Waals surface area contributed by atoms with Gasteiger partial charge in [-0.25, -0.2) is 4.39 Å². The monoisotopic (exact) mass is 265 g/mol. The summed E-state index contributed by atoms with van der Waals surface area (Å²) in [6, 6.07) is 4.56. The number of rotatable bonds is 1. The van der Waals surface area contributed by atoms with Crippen LogP contribution in [0.1, 0.15) is 18.4 Å². The highest BCUT2D eigenvalue weighted by atomic mass is 35.5. The van der Waals surface area contributed by atoms with Gasteiger partial charge in [0.2, 0.25) is 0 Å². The lowest BCUT2D eigenvalue weighted by Crippen LogP contribution is -2.45. The van der Waals surface area contributed by atoms with Gasteiger partial charge < -0.3 is 4.90 Å². The predicted molar refractivity (Wildman–Crippen MR) is 68.7 cm³/mol. The van der Waals surface area contributed by atoms with Crippen LogP contribution in [0.4, 0.5) is 4.39 Å². The lowest BCUT2D eigenvalue weighted by Gasteiger charge is -2.41. The van der Waals surface area contributed by atoms with Crippen LogP contribution in [-0.2, 0) is 4.79 Å². The fourth-order valence-corrected chi connectivity index (χ4v) is 2.91. The number of piperidine rings is 3. The Labute approximate surface area is 110 Å². The molecule has 18 heavy (non-hydrogen) atoms. The van der Waals surface area contributed by atoms with E-state index in [-0.39, 0.29) is 17.5 Å². The summed E-state index contributed by atoms with van der Waals surface area (Å²) in [7, 11) is 0. The van der Waals surface area contributed by atoms with Crippen LogP contribution in [0, 0.1) is 11.7 Å². The van der Waals surface area contributed by atoms with Gasteiger partial charge in [-0.15, -0.1) is 0 Å². The summed E-state index contributed by atoms with van der Waals surface area (Å²) in [4.78, 5) is 14.2.